The number of carbonyl (C=O) groups excluding carboxylic acids is 1. The van der Waals surface area contributed by atoms with Gasteiger partial charge >= 0.3 is 5.97 Å². The molecule has 2 atom stereocenters. The second-order valence-corrected chi connectivity index (χ2v) is 4.34. The van der Waals surface area contributed by atoms with Crippen LogP contribution in [0.15, 0.2) is 0 Å². The van der Waals surface area contributed by atoms with Gasteiger partial charge in [0.2, 0.25) is 0 Å². The molecule has 90 valence electrons. The molecule has 2 unspecified atom stereocenters. The summed E-state index contributed by atoms with van der Waals surface area (Å²) >= 11 is 0. The SMILES string of the molecule is COC(=O)CC(C)NC(C)CCN(C)C. The van der Waals surface area contributed by atoms with E-state index in [2.05, 4.69) is 36.0 Å². The molecule has 0 saturated carbocycles. The summed E-state index contributed by atoms with van der Waals surface area (Å²) < 4.78 is 4.61. The van der Waals surface area contributed by atoms with Crippen molar-refractivity contribution in [2.45, 2.75) is 38.8 Å². The number of hydrogen-bond donors (Lipinski definition) is 1. The van der Waals surface area contributed by atoms with Crippen LogP contribution in [0.2, 0.25) is 0 Å². The standard InChI is InChI=1S/C11H24N2O2/c1-9(6-7-13(3)4)12-10(2)8-11(14)15-5/h9-10,12H,6-8H2,1-5H3. The molecular formula is C11H24N2O2. The number of carbonyl (C=O) groups is 1. The first kappa shape index (κ1) is 14.4. The van der Waals surface area contributed by atoms with E-state index >= 15 is 0 Å². The van der Waals surface area contributed by atoms with Crippen LogP contribution in [0.1, 0.15) is 26.7 Å². The van der Waals surface area contributed by atoms with Gasteiger partial charge in [0.05, 0.1) is 13.5 Å². The maximum absolute atomic E-state index is 11.0. The van der Waals surface area contributed by atoms with Gasteiger partial charge < -0.3 is 15.0 Å². The van der Waals surface area contributed by atoms with Crippen molar-refractivity contribution in [3.8, 4) is 0 Å². The number of methoxy groups -OCH3 is 1. The summed E-state index contributed by atoms with van der Waals surface area (Å²) in [6, 6.07) is 0.599. The van der Waals surface area contributed by atoms with Crippen molar-refractivity contribution >= 4 is 5.97 Å². The van der Waals surface area contributed by atoms with Crippen LogP contribution in [0.4, 0.5) is 0 Å². The monoisotopic (exact) mass is 216 g/mol. The molecule has 0 bridgehead atoms. The summed E-state index contributed by atoms with van der Waals surface area (Å²) in [4.78, 5) is 13.2. The molecule has 0 spiro atoms. The number of ether oxygens (including phenoxy) is 1. The summed E-state index contributed by atoms with van der Waals surface area (Å²) in [6.45, 7) is 5.19. The Kier molecular flexibility index (Phi) is 7.34. The van der Waals surface area contributed by atoms with Crippen LogP contribution in [0.5, 0.6) is 0 Å². The average molecular weight is 216 g/mol. The quantitative estimate of drug-likeness (QED) is 0.641. The Morgan fingerprint density at radius 3 is 2.40 bits per heavy atom. The van der Waals surface area contributed by atoms with Gasteiger partial charge in [-0.15, -0.1) is 0 Å². The van der Waals surface area contributed by atoms with Crippen LogP contribution in [0, 0.1) is 0 Å². The van der Waals surface area contributed by atoms with E-state index < -0.39 is 0 Å². The van der Waals surface area contributed by atoms with Gasteiger partial charge in [-0.1, -0.05) is 0 Å². The van der Waals surface area contributed by atoms with Crippen LogP contribution in [0.25, 0.3) is 0 Å². The van der Waals surface area contributed by atoms with Gasteiger partial charge in [0.15, 0.2) is 0 Å². The summed E-state index contributed by atoms with van der Waals surface area (Å²) in [5.41, 5.74) is 0. The van der Waals surface area contributed by atoms with E-state index in [-0.39, 0.29) is 12.0 Å². The van der Waals surface area contributed by atoms with E-state index in [9.17, 15) is 4.79 Å². The van der Waals surface area contributed by atoms with Gasteiger partial charge in [0.25, 0.3) is 0 Å². The van der Waals surface area contributed by atoms with Gasteiger partial charge in [0, 0.05) is 12.1 Å². The van der Waals surface area contributed by atoms with Crippen LogP contribution in [0.3, 0.4) is 0 Å². The van der Waals surface area contributed by atoms with E-state index in [0.29, 0.717) is 12.5 Å². The molecule has 0 aromatic heterocycles. The highest BCUT2D eigenvalue weighted by Crippen LogP contribution is 1.98. The van der Waals surface area contributed by atoms with Crippen molar-refractivity contribution in [2.24, 2.45) is 0 Å². The number of esters is 1. The van der Waals surface area contributed by atoms with E-state index in [1.807, 2.05) is 6.92 Å². The molecule has 0 rings (SSSR count). The minimum absolute atomic E-state index is 0.158. The zero-order valence-corrected chi connectivity index (χ0v) is 10.5. The van der Waals surface area contributed by atoms with E-state index in [4.69, 9.17) is 0 Å². The van der Waals surface area contributed by atoms with Crippen molar-refractivity contribution in [2.75, 3.05) is 27.7 Å². The van der Waals surface area contributed by atoms with Gasteiger partial charge in [-0.2, -0.15) is 0 Å². The Balaban J connectivity index is 3.66. The number of nitrogens with zero attached hydrogens (tertiary/aromatic N) is 1. The van der Waals surface area contributed by atoms with Crippen molar-refractivity contribution in [3.63, 3.8) is 0 Å². The molecule has 4 nitrogen and oxygen atoms in total. The summed E-state index contributed by atoms with van der Waals surface area (Å²) in [5.74, 6) is -0.158. The molecule has 0 saturated heterocycles. The third-order valence-corrected chi connectivity index (χ3v) is 2.28. The first-order valence-electron chi connectivity index (χ1n) is 5.43. The highest BCUT2D eigenvalue weighted by Gasteiger charge is 2.11. The molecule has 0 amide bonds. The van der Waals surface area contributed by atoms with Crippen LogP contribution >= 0.6 is 0 Å². The molecule has 0 aliphatic rings. The highest BCUT2D eigenvalue weighted by molar-refractivity contribution is 5.69. The molecule has 0 heterocycles. The maximum atomic E-state index is 11.0. The predicted octanol–water partition coefficient (Wildman–Crippen LogP) is 0.868. The van der Waals surface area contributed by atoms with Crippen LogP contribution < -0.4 is 5.32 Å². The number of nitrogens with one attached hydrogen (secondary N) is 1. The van der Waals surface area contributed by atoms with Crippen molar-refractivity contribution in [3.05, 3.63) is 0 Å². The minimum Gasteiger partial charge on any atom is -0.469 e. The summed E-state index contributed by atoms with van der Waals surface area (Å²) in [6.07, 6.45) is 1.52. The Morgan fingerprint density at radius 1 is 1.33 bits per heavy atom. The van der Waals surface area contributed by atoms with Gasteiger partial charge in [-0.3, -0.25) is 4.79 Å². The summed E-state index contributed by atoms with van der Waals surface area (Å²) in [7, 11) is 5.54. The molecule has 1 N–H and O–H groups in total. The molecule has 0 aromatic rings. The topological polar surface area (TPSA) is 41.6 Å². The first-order chi connectivity index (χ1) is 6.95. The summed E-state index contributed by atoms with van der Waals surface area (Å²) in [5, 5.41) is 3.37. The van der Waals surface area contributed by atoms with Gasteiger partial charge in [-0.05, 0) is 40.9 Å². The van der Waals surface area contributed by atoms with Gasteiger partial charge in [-0.25, -0.2) is 0 Å². The van der Waals surface area contributed by atoms with Gasteiger partial charge in [0.1, 0.15) is 0 Å². The lowest BCUT2D eigenvalue weighted by atomic mass is 10.1. The molecule has 0 fully saturated rings. The Labute approximate surface area is 93.0 Å². The van der Waals surface area contributed by atoms with Crippen molar-refractivity contribution in [1.29, 1.82) is 0 Å². The fourth-order valence-corrected chi connectivity index (χ4v) is 1.41. The van der Waals surface area contributed by atoms with Crippen molar-refractivity contribution in [1.82, 2.24) is 10.2 Å². The fourth-order valence-electron chi connectivity index (χ4n) is 1.41. The van der Waals surface area contributed by atoms with E-state index in [0.717, 1.165) is 13.0 Å². The lowest BCUT2D eigenvalue weighted by Gasteiger charge is -2.20. The molecule has 0 aliphatic carbocycles. The third-order valence-electron chi connectivity index (χ3n) is 2.28. The smallest absolute Gasteiger partial charge is 0.307 e. The Hall–Kier alpha value is -0.610. The molecular weight excluding hydrogens is 192 g/mol. The molecule has 0 radical (unpaired) electrons. The lowest BCUT2D eigenvalue weighted by molar-refractivity contribution is -0.141. The molecule has 4 heteroatoms. The largest absolute Gasteiger partial charge is 0.469 e. The zero-order valence-electron chi connectivity index (χ0n) is 10.5. The second-order valence-electron chi connectivity index (χ2n) is 4.34. The van der Waals surface area contributed by atoms with Crippen LogP contribution in [-0.4, -0.2) is 50.7 Å². The minimum atomic E-state index is -0.158. The fraction of sp³-hybridized carbons (Fsp3) is 0.909. The second kappa shape index (κ2) is 7.65. The molecule has 0 aromatic carbocycles. The lowest BCUT2D eigenvalue weighted by Crippen LogP contribution is -2.37. The Bertz CT molecular complexity index is 183. The maximum Gasteiger partial charge on any atom is 0.307 e. The third kappa shape index (κ3) is 8.39. The molecule has 0 aliphatic heterocycles. The normalized spacial score (nSPS) is 15.1. The predicted molar refractivity (Wildman–Crippen MR) is 61.9 cm³/mol. The van der Waals surface area contributed by atoms with Crippen molar-refractivity contribution < 1.29 is 9.53 Å². The highest BCUT2D eigenvalue weighted by atomic mass is 16.5. The zero-order chi connectivity index (χ0) is 11.8. The Morgan fingerprint density at radius 2 is 1.93 bits per heavy atom. The van der Waals surface area contributed by atoms with Crippen LogP contribution in [-0.2, 0) is 9.53 Å². The molecule has 15 heavy (non-hydrogen) atoms. The number of rotatable bonds is 7. The number of hydrogen-bond acceptors (Lipinski definition) is 4. The van der Waals surface area contributed by atoms with E-state index in [1.165, 1.54) is 7.11 Å². The average Bonchev–Trinajstić information content (AvgIpc) is 2.14. The van der Waals surface area contributed by atoms with E-state index in [1.54, 1.807) is 0 Å². The first-order valence-corrected chi connectivity index (χ1v) is 5.43.